The Balaban J connectivity index is 1.43. The first kappa shape index (κ1) is 15.2. The second-order valence-corrected chi connectivity index (χ2v) is 6.49. The van der Waals surface area contributed by atoms with Crippen LogP contribution < -0.4 is 18.9 Å². The largest absolute Gasteiger partial charge is 0.490 e. The van der Waals surface area contributed by atoms with E-state index in [0.717, 1.165) is 22.8 Å². The Morgan fingerprint density at radius 2 is 1.58 bits per heavy atom. The van der Waals surface area contributed by atoms with E-state index in [1.165, 1.54) is 11.8 Å². The molecule has 0 unspecified atom stereocenters. The highest BCUT2D eigenvalue weighted by molar-refractivity contribution is 8.00. The van der Waals surface area contributed by atoms with E-state index in [0.29, 0.717) is 36.0 Å². The summed E-state index contributed by atoms with van der Waals surface area (Å²) in [4.78, 5) is 13.4. The molecule has 0 fully saturated rings. The molecule has 0 amide bonds. The SMILES string of the molecule is O=C(CSc1ccc2c(c1)OCCCO2)c1ccc2c(c1)OCO2. The van der Waals surface area contributed by atoms with Crippen molar-refractivity contribution >= 4 is 17.5 Å². The zero-order valence-corrected chi connectivity index (χ0v) is 13.8. The van der Waals surface area contributed by atoms with E-state index in [1.807, 2.05) is 18.2 Å². The number of hydrogen-bond donors (Lipinski definition) is 0. The fraction of sp³-hybridized carbons (Fsp3) is 0.278. The predicted molar refractivity (Wildman–Crippen MR) is 89.7 cm³/mol. The van der Waals surface area contributed by atoms with Gasteiger partial charge in [0.1, 0.15) is 0 Å². The zero-order chi connectivity index (χ0) is 16.4. The van der Waals surface area contributed by atoms with E-state index in [2.05, 4.69) is 0 Å². The highest BCUT2D eigenvalue weighted by Gasteiger charge is 2.17. The first-order valence-corrected chi connectivity index (χ1v) is 8.73. The summed E-state index contributed by atoms with van der Waals surface area (Å²) in [5.41, 5.74) is 0.626. The number of Topliss-reactive ketones (excluding diaryl/α,β-unsaturated/α-hetero) is 1. The standard InChI is InChI=1S/C18H16O5S/c19-14(12-2-4-16-17(8-12)23-11-22-16)10-24-13-3-5-15-18(9-13)21-7-1-6-20-15/h2-5,8-9H,1,6-7,10-11H2. The van der Waals surface area contributed by atoms with Crippen molar-refractivity contribution in [2.45, 2.75) is 11.3 Å². The fourth-order valence-electron chi connectivity index (χ4n) is 2.54. The fourth-order valence-corrected chi connectivity index (χ4v) is 3.35. The summed E-state index contributed by atoms with van der Waals surface area (Å²) in [6.45, 7) is 1.53. The Bertz CT molecular complexity index is 774. The lowest BCUT2D eigenvalue weighted by atomic mass is 10.1. The maximum Gasteiger partial charge on any atom is 0.231 e. The number of ether oxygens (including phenoxy) is 4. The average molecular weight is 344 g/mol. The lowest BCUT2D eigenvalue weighted by Crippen LogP contribution is -2.02. The first-order chi connectivity index (χ1) is 11.8. The van der Waals surface area contributed by atoms with Crippen molar-refractivity contribution in [1.82, 2.24) is 0 Å². The smallest absolute Gasteiger partial charge is 0.231 e. The Labute approximate surface area is 143 Å². The number of carbonyl (C=O) groups is 1. The number of rotatable bonds is 4. The van der Waals surface area contributed by atoms with Gasteiger partial charge in [0.25, 0.3) is 0 Å². The molecule has 0 aliphatic carbocycles. The number of fused-ring (bicyclic) bond motifs is 2. The van der Waals surface area contributed by atoms with E-state index >= 15 is 0 Å². The Morgan fingerprint density at radius 3 is 2.50 bits per heavy atom. The highest BCUT2D eigenvalue weighted by atomic mass is 32.2. The number of thioether (sulfide) groups is 1. The van der Waals surface area contributed by atoms with Crippen LogP contribution in [-0.4, -0.2) is 31.5 Å². The molecule has 0 bridgehead atoms. The zero-order valence-electron chi connectivity index (χ0n) is 12.9. The molecule has 0 N–H and O–H groups in total. The van der Waals surface area contributed by atoms with Crippen molar-refractivity contribution in [3.05, 3.63) is 42.0 Å². The topological polar surface area (TPSA) is 54.0 Å². The second-order valence-electron chi connectivity index (χ2n) is 5.44. The van der Waals surface area contributed by atoms with E-state index in [1.54, 1.807) is 18.2 Å². The van der Waals surface area contributed by atoms with E-state index in [4.69, 9.17) is 18.9 Å². The number of hydrogen-bond acceptors (Lipinski definition) is 6. The van der Waals surface area contributed by atoms with E-state index in [9.17, 15) is 4.79 Å². The number of carbonyl (C=O) groups excluding carboxylic acids is 1. The summed E-state index contributed by atoms with van der Waals surface area (Å²) in [5.74, 6) is 3.21. The molecule has 0 atom stereocenters. The summed E-state index contributed by atoms with van der Waals surface area (Å²) >= 11 is 1.48. The molecule has 0 radical (unpaired) electrons. The third-order valence-corrected chi connectivity index (χ3v) is 4.78. The summed E-state index contributed by atoms with van der Waals surface area (Å²) in [7, 11) is 0. The van der Waals surface area contributed by atoms with Crippen LogP contribution in [0.2, 0.25) is 0 Å². The van der Waals surface area contributed by atoms with Crippen LogP contribution in [0.5, 0.6) is 23.0 Å². The summed E-state index contributed by atoms with van der Waals surface area (Å²) in [5, 5.41) is 0. The highest BCUT2D eigenvalue weighted by Crippen LogP contribution is 2.35. The second kappa shape index (κ2) is 6.65. The van der Waals surface area contributed by atoms with Gasteiger partial charge in [-0.25, -0.2) is 0 Å². The maximum atomic E-state index is 12.4. The van der Waals surface area contributed by atoms with Gasteiger partial charge in [0.15, 0.2) is 28.8 Å². The molecular formula is C18H16O5S. The molecule has 0 saturated carbocycles. The van der Waals surface area contributed by atoms with Crippen LogP contribution in [0.4, 0.5) is 0 Å². The molecule has 2 heterocycles. The van der Waals surface area contributed by atoms with Crippen LogP contribution in [0.1, 0.15) is 16.8 Å². The van der Waals surface area contributed by atoms with Crippen molar-refractivity contribution in [3.63, 3.8) is 0 Å². The summed E-state index contributed by atoms with van der Waals surface area (Å²) in [6, 6.07) is 11.1. The van der Waals surface area contributed by atoms with Crippen molar-refractivity contribution in [2.75, 3.05) is 25.8 Å². The molecule has 124 valence electrons. The minimum atomic E-state index is 0.0467. The molecule has 4 rings (SSSR count). The Hall–Kier alpha value is -2.34. The van der Waals surface area contributed by atoms with Gasteiger partial charge in [0.05, 0.1) is 19.0 Å². The Kier molecular flexibility index (Phi) is 4.21. The molecule has 24 heavy (non-hydrogen) atoms. The van der Waals surface area contributed by atoms with Gasteiger partial charge in [0.2, 0.25) is 6.79 Å². The Morgan fingerprint density at radius 1 is 0.875 bits per heavy atom. The van der Waals surface area contributed by atoms with Crippen LogP contribution in [-0.2, 0) is 0 Å². The van der Waals surface area contributed by atoms with Gasteiger partial charge >= 0.3 is 0 Å². The molecule has 2 aliphatic heterocycles. The van der Waals surface area contributed by atoms with Crippen LogP contribution in [0.15, 0.2) is 41.3 Å². The van der Waals surface area contributed by atoms with Gasteiger partial charge in [-0.2, -0.15) is 0 Å². The average Bonchev–Trinajstić information content (AvgIpc) is 2.96. The number of benzene rings is 2. The lowest BCUT2D eigenvalue weighted by molar-refractivity contribution is 0.102. The molecule has 0 saturated heterocycles. The van der Waals surface area contributed by atoms with Gasteiger partial charge in [-0.15, -0.1) is 11.8 Å². The van der Waals surface area contributed by atoms with Gasteiger partial charge < -0.3 is 18.9 Å². The van der Waals surface area contributed by atoms with Crippen LogP contribution in [0, 0.1) is 0 Å². The van der Waals surface area contributed by atoms with Crippen LogP contribution >= 0.6 is 11.8 Å². The van der Waals surface area contributed by atoms with E-state index < -0.39 is 0 Å². The van der Waals surface area contributed by atoms with Gasteiger partial charge in [0, 0.05) is 16.9 Å². The molecule has 0 spiro atoms. The number of ketones is 1. The monoisotopic (exact) mass is 344 g/mol. The molecule has 6 heteroatoms. The molecule has 0 aromatic heterocycles. The van der Waals surface area contributed by atoms with E-state index in [-0.39, 0.29) is 12.6 Å². The third-order valence-electron chi connectivity index (χ3n) is 3.78. The summed E-state index contributed by atoms with van der Waals surface area (Å²) < 4.78 is 21.9. The lowest BCUT2D eigenvalue weighted by Gasteiger charge is -2.09. The van der Waals surface area contributed by atoms with Gasteiger partial charge in [-0.05, 0) is 36.4 Å². The molecule has 2 aliphatic rings. The first-order valence-electron chi connectivity index (χ1n) is 7.75. The summed E-state index contributed by atoms with van der Waals surface area (Å²) in [6.07, 6.45) is 0.875. The predicted octanol–water partition coefficient (Wildman–Crippen LogP) is 3.55. The van der Waals surface area contributed by atoms with Crippen molar-refractivity contribution < 1.29 is 23.7 Å². The van der Waals surface area contributed by atoms with Crippen LogP contribution in [0.25, 0.3) is 0 Å². The quantitative estimate of drug-likeness (QED) is 0.624. The minimum absolute atomic E-state index is 0.0467. The van der Waals surface area contributed by atoms with Gasteiger partial charge in [-0.1, -0.05) is 0 Å². The molecule has 2 aromatic rings. The molecule has 2 aromatic carbocycles. The van der Waals surface area contributed by atoms with Crippen LogP contribution in [0.3, 0.4) is 0 Å². The van der Waals surface area contributed by atoms with Gasteiger partial charge in [-0.3, -0.25) is 4.79 Å². The van der Waals surface area contributed by atoms with Crippen molar-refractivity contribution in [3.8, 4) is 23.0 Å². The normalized spacial score (nSPS) is 15.0. The van der Waals surface area contributed by atoms with Crippen molar-refractivity contribution in [2.24, 2.45) is 0 Å². The third kappa shape index (κ3) is 3.14. The maximum absolute atomic E-state index is 12.4. The minimum Gasteiger partial charge on any atom is -0.490 e. The molecular weight excluding hydrogens is 328 g/mol. The van der Waals surface area contributed by atoms with Crippen molar-refractivity contribution in [1.29, 1.82) is 0 Å². The molecule has 5 nitrogen and oxygen atoms in total.